The van der Waals surface area contributed by atoms with E-state index < -0.39 is 0 Å². The van der Waals surface area contributed by atoms with Crippen molar-refractivity contribution in [3.63, 3.8) is 0 Å². The number of aromatic nitrogens is 1. The second-order valence-electron chi connectivity index (χ2n) is 7.17. The van der Waals surface area contributed by atoms with E-state index in [-0.39, 0.29) is 12.5 Å². The average Bonchev–Trinajstić information content (AvgIpc) is 2.85. The molecule has 0 aliphatic rings. The van der Waals surface area contributed by atoms with Crippen molar-refractivity contribution in [1.29, 1.82) is 5.26 Å². The van der Waals surface area contributed by atoms with Gasteiger partial charge < -0.3 is 9.30 Å². The molecule has 0 fully saturated rings. The number of amides is 1. The number of hydrogen-bond acceptors (Lipinski definition) is 3. The van der Waals surface area contributed by atoms with Crippen LogP contribution in [0.2, 0.25) is 0 Å². The first kappa shape index (κ1) is 20.8. The summed E-state index contributed by atoms with van der Waals surface area (Å²) in [6, 6.07) is 32.0. The van der Waals surface area contributed by atoms with E-state index in [2.05, 4.69) is 11.1 Å². The molecule has 1 aromatic heterocycles. The van der Waals surface area contributed by atoms with Crippen LogP contribution >= 0.6 is 0 Å². The molecular weight excluding hydrogens is 398 g/mol. The SMILES string of the molecule is N#Cc1ccccc1COc1cccc(C(=O)N=c2ccccn2Cc2ccccc2)c1. The third-order valence-corrected chi connectivity index (χ3v) is 4.94. The lowest BCUT2D eigenvalue weighted by molar-refractivity contribution is 0.0996. The lowest BCUT2D eigenvalue weighted by Crippen LogP contribution is -2.22. The van der Waals surface area contributed by atoms with Gasteiger partial charge in [-0.15, -0.1) is 0 Å². The quantitative estimate of drug-likeness (QED) is 0.454. The number of rotatable bonds is 6. The van der Waals surface area contributed by atoms with Crippen LogP contribution in [0.1, 0.15) is 27.0 Å². The van der Waals surface area contributed by atoms with Gasteiger partial charge in [-0.05, 0) is 42.0 Å². The van der Waals surface area contributed by atoms with E-state index in [0.29, 0.717) is 28.9 Å². The smallest absolute Gasteiger partial charge is 0.279 e. The number of ether oxygens (including phenoxy) is 1. The lowest BCUT2D eigenvalue weighted by Gasteiger charge is -2.09. The Kier molecular flexibility index (Phi) is 6.54. The molecular formula is C27H21N3O2. The Morgan fingerprint density at radius 3 is 2.53 bits per heavy atom. The highest BCUT2D eigenvalue weighted by atomic mass is 16.5. The fourth-order valence-corrected chi connectivity index (χ4v) is 3.29. The van der Waals surface area contributed by atoms with E-state index in [1.165, 1.54) is 0 Å². The molecule has 156 valence electrons. The Morgan fingerprint density at radius 2 is 1.69 bits per heavy atom. The van der Waals surface area contributed by atoms with Crippen molar-refractivity contribution >= 4 is 5.91 Å². The predicted octanol–water partition coefficient (Wildman–Crippen LogP) is 4.73. The number of nitrogens with zero attached hydrogens (tertiary/aromatic N) is 3. The number of carbonyl (C=O) groups is 1. The highest BCUT2D eigenvalue weighted by Gasteiger charge is 2.08. The third kappa shape index (κ3) is 5.18. The summed E-state index contributed by atoms with van der Waals surface area (Å²) in [7, 11) is 0. The van der Waals surface area contributed by atoms with Crippen LogP contribution in [0.5, 0.6) is 5.75 Å². The van der Waals surface area contributed by atoms with Gasteiger partial charge in [-0.2, -0.15) is 10.3 Å². The molecule has 0 saturated heterocycles. The predicted molar refractivity (Wildman–Crippen MR) is 122 cm³/mol. The van der Waals surface area contributed by atoms with Crippen LogP contribution in [0.3, 0.4) is 0 Å². The van der Waals surface area contributed by atoms with Crippen LogP contribution in [0.15, 0.2) is 108 Å². The number of pyridine rings is 1. The molecule has 1 amide bonds. The fourth-order valence-electron chi connectivity index (χ4n) is 3.29. The first-order valence-electron chi connectivity index (χ1n) is 10.2. The summed E-state index contributed by atoms with van der Waals surface area (Å²) in [6.45, 7) is 0.865. The molecule has 5 nitrogen and oxygen atoms in total. The maximum atomic E-state index is 12.9. The van der Waals surface area contributed by atoms with Crippen molar-refractivity contribution in [2.24, 2.45) is 4.99 Å². The van der Waals surface area contributed by atoms with Crippen molar-refractivity contribution in [1.82, 2.24) is 4.57 Å². The maximum Gasteiger partial charge on any atom is 0.279 e. The Bertz CT molecular complexity index is 1330. The first-order valence-corrected chi connectivity index (χ1v) is 10.2. The first-order chi connectivity index (χ1) is 15.7. The minimum absolute atomic E-state index is 0.244. The molecule has 4 aromatic rings. The molecule has 32 heavy (non-hydrogen) atoms. The Morgan fingerprint density at radius 1 is 0.906 bits per heavy atom. The maximum absolute atomic E-state index is 12.9. The number of benzene rings is 3. The van der Waals surface area contributed by atoms with Gasteiger partial charge in [0.25, 0.3) is 5.91 Å². The van der Waals surface area contributed by atoms with Crippen molar-refractivity contribution in [2.75, 3.05) is 0 Å². The highest BCUT2D eigenvalue weighted by Crippen LogP contribution is 2.17. The van der Waals surface area contributed by atoms with Gasteiger partial charge in [-0.1, -0.05) is 60.7 Å². The van der Waals surface area contributed by atoms with E-state index in [0.717, 1.165) is 11.1 Å². The number of nitriles is 1. The molecule has 0 spiro atoms. The molecule has 0 atom stereocenters. The van der Waals surface area contributed by atoms with Gasteiger partial charge >= 0.3 is 0 Å². The Balaban J connectivity index is 1.53. The number of hydrogen-bond donors (Lipinski definition) is 0. The van der Waals surface area contributed by atoms with Gasteiger partial charge in [-0.25, -0.2) is 0 Å². The second kappa shape index (κ2) is 10.1. The molecule has 0 aliphatic carbocycles. The van der Waals surface area contributed by atoms with E-state index in [1.54, 1.807) is 30.3 Å². The summed E-state index contributed by atoms with van der Waals surface area (Å²) in [5, 5.41) is 9.22. The minimum atomic E-state index is -0.346. The average molecular weight is 419 g/mol. The summed E-state index contributed by atoms with van der Waals surface area (Å²) >= 11 is 0. The molecule has 0 bridgehead atoms. The zero-order chi connectivity index (χ0) is 22.2. The topological polar surface area (TPSA) is 67.4 Å². The normalized spacial score (nSPS) is 11.0. The molecule has 0 saturated carbocycles. The van der Waals surface area contributed by atoms with Gasteiger partial charge in [-0.3, -0.25) is 4.79 Å². The van der Waals surface area contributed by atoms with Gasteiger partial charge in [0.2, 0.25) is 0 Å². The number of carbonyl (C=O) groups excluding carboxylic acids is 1. The summed E-state index contributed by atoms with van der Waals surface area (Å²) in [4.78, 5) is 17.2. The van der Waals surface area contributed by atoms with E-state index in [4.69, 9.17) is 4.74 Å². The zero-order valence-electron chi connectivity index (χ0n) is 17.4. The summed E-state index contributed by atoms with van der Waals surface area (Å²) in [6.07, 6.45) is 1.91. The standard InChI is InChI=1S/C27H21N3O2/c28-18-23-11-4-5-12-24(23)20-32-25-14-8-13-22(17-25)27(31)29-26-15-6-7-16-30(26)19-21-9-2-1-3-10-21/h1-17H,19-20H2. The van der Waals surface area contributed by atoms with Crippen LogP contribution in [0.25, 0.3) is 0 Å². The van der Waals surface area contributed by atoms with Crippen LogP contribution in [-0.4, -0.2) is 10.5 Å². The Hall–Kier alpha value is -4.43. The largest absolute Gasteiger partial charge is 0.489 e. The summed E-state index contributed by atoms with van der Waals surface area (Å²) in [5.74, 6) is 0.199. The van der Waals surface area contributed by atoms with Gasteiger partial charge in [0.05, 0.1) is 11.6 Å². The third-order valence-electron chi connectivity index (χ3n) is 4.94. The van der Waals surface area contributed by atoms with Crippen molar-refractivity contribution < 1.29 is 9.53 Å². The molecule has 0 N–H and O–H groups in total. The van der Waals surface area contributed by atoms with Gasteiger partial charge in [0.15, 0.2) is 0 Å². The van der Waals surface area contributed by atoms with Crippen LogP contribution < -0.4 is 10.2 Å². The Labute approximate surface area is 186 Å². The molecule has 4 rings (SSSR count). The highest BCUT2D eigenvalue weighted by molar-refractivity contribution is 5.95. The molecule has 0 aliphatic heterocycles. The second-order valence-corrected chi connectivity index (χ2v) is 7.17. The summed E-state index contributed by atoms with van der Waals surface area (Å²) in [5.41, 5.74) is 3.51. The molecule has 0 unspecified atom stereocenters. The van der Waals surface area contributed by atoms with Crippen molar-refractivity contribution in [3.8, 4) is 11.8 Å². The lowest BCUT2D eigenvalue weighted by atomic mass is 10.1. The molecule has 1 heterocycles. The fraction of sp³-hybridized carbons (Fsp3) is 0.0741. The van der Waals surface area contributed by atoms with Gasteiger partial charge in [0.1, 0.15) is 17.8 Å². The van der Waals surface area contributed by atoms with Crippen LogP contribution in [-0.2, 0) is 13.2 Å². The van der Waals surface area contributed by atoms with E-state index in [9.17, 15) is 10.1 Å². The van der Waals surface area contributed by atoms with Crippen LogP contribution in [0, 0.1) is 11.3 Å². The monoisotopic (exact) mass is 419 g/mol. The van der Waals surface area contributed by atoms with E-state index in [1.807, 2.05) is 77.5 Å². The van der Waals surface area contributed by atoms with E-state index >= 15 is 0 Å². The summed E-state index contributed by atoms with van der Waals surface area (Å²) < 4.78 is 7.77. The molecule has 5 heteroatoms. The minimum Gasteiger partial charge on any atom is -0.489 e. The van der Waals surface area contributed by atoms with Gasteiger partial charge in [0, 0.05) is 23.9 Å². The van der Waals surface area contributed by atoms with Crippen LogP contribution in [0.4, 0.5) is 0 Å². The molecule has 3 aromatic carbocycles. The molecule has 0 radical (unpaired) electrons. The van der Waals surface area contributed by atoms with Crippen molar-refractivity contribution in [3.05, 3.63) is 131 Å². The van der Waals surface area contributed by atoms with Crippen molar-refractivity contribution in [2.45, 2.75) is 13.2 Å². The zero-order valence-corrected chi connectivity index (χ0v) is 17.4.